The molecule has 0 saturated heterocycles. The fourth-order valence-corrected chi connectivity index (χ4v) is 1.83. The van der Waals surface area contributed by atoms with Crippen molar-refractivity contribution in [3.8, 4) is 0 Å². The van der Waals surface area contributed by atoms with Crippen molar-refractivity contribution < 1.29 is 4.29 Å². The molecule has 17 heavy (non-hydrogen) atoms. The highest BCUT2D eigenvalue weighted by Crippen LogP contribution is 2.23. The highest BCUT2D eigenvalue weighted by Gasteiger charge is 2.09. The van der Waals surface area contributed by atoms with Gasteiger partial charge in [-0.15, -0.1) is 0 Å². The third-order valence-corrected chi connectivity index (χ3v) is 3.39. The minimum atomic E-state index is 0.118. The summed E-state index contributed by atoms with van der Waals surface area (Å²) in [6, 6.07) is 0. The molecule has 0 heterocycles. The van der Waals surface area contributed by atoms with E-state index in [0.29, 0.717) is 11.8 Å². The Labute approximate surface area is 112 Å². The Balaban J connectivity index is 4.67. The van der Waals surface area contributed by atoms with Crippen LogP contribution in [-0.4, -0.2) is 6.10 Å². The molecule has 1 unspecified atom stereocenters. The Morgan fingerprint density at radius 2 is 1.71 bits per heavy atom. The quantitative estimate of drug-likeness (QED) is 0.547. The van der Waals surface area contributed by atoms with E-state index in [4.69, 9.17) is 16.2 Å². The molecule has 0 bridgehead atoms. The van der Waals surface area contributed by atoms with E-state index < -0.39 is 0 Å². The fraction of sp³-hybridized carbons (Fsp3) is 0.733. The predicted octanol–water partition coefficient (Wildman–Crippen LogP) is 5.51. The molecule has 0 amide bonds. The van der Waals surface area contributed by atoms with Crippen LogP contribution in [0, 0.1) is 11.8 Å². The van der Waals surface area contributed by atoms with Crippen LogP contribution in [0.3, 0.4) is 0 Å². The van der Waals surface area contributed by atoms with Crippen molar-refractivity contribution in [1.82, 2.24) is 0 Å². The molecule has 2 heteroatoms. The van der Waals surface area contributed by atoms with Gasteiger partial charge in [0.1, 0.15) is 0 Å². The van der Waals surface area contributed by atoms with Crippen LogP contribution in [0.2, 0.25) is 0 Å². The van der Waals surface area contributed by atoms with Crippen LogP contribution in [-0.2, 0) is 4.29 Å². The van der Waals surface area contributed by atoms with Crippen LogP contribution in [0.15, 0.2) is 23.3 Å². The number of halogens is 1. The van der Waals surface area contributed by atoms with Crippen molar-refractivity contribution in [3.63, 3.8) is 0 Å². The second kappa shape index (κ2) is 8.77. The van der Waals surface area contributed by atoms with E-state index in [1.165, 1.54) is 11.1 Å². The maximum absolute atomic E-state index is 5.37. The minimum absolute atomic E-state index is 0.118. The van der Waals surface area contributed by atoms with Crippen LogP contribution in [0.4, 0.5) is 0 Å². The molecular formula is C15H27ClO. The zero-order valence-corrected chi connectivity index (χ0v) is 12.8. The summed E-state index contributed by atoms with van der Waals surface area (Å²) in [6.07, 6.45) is 6.69. The van der Waals surface area contributed by atoms with E-state index >= 15 is 0 Å². The Kier molecular flexibility index (Phi) is 8.63. The van der Waals surface area contributed by atoms with Gasteiger partial charge < -0.3 is 0 Å². The van der Waals surface area contributed by atoms with E-state index in [1.807, 2.05) is 6.92 Å². The van der Waals surface area contributed by atoms with Crippen molar-refractivity contribution >= 4 is 11.9 Å². The lowest BCUT2D eigenvalue weighted by Crippen LogP contribution is -2.05. The first-order chi connectivity index (χ1) is 7.92. The molecule has 0 aliphatic carbocycles. The number of hydrogen-bond acceptors (Lipinski definition) is 1. The molecule has 0 saturated carbocycles. The molecule has 1 nitrogen and oxygen atoms in total. The van der Waals surface area contributed by atoms with Crippen molar-refractivity contribution in [1.29, 1.82) is 0 Å². The molecule has 0 rings (SSSR count). The van der Waals surface area contributed by atoms with Gasteiger partial charge in [-0.1, -0.05) is 45.4 Å². The first-order valence-corrected chi connectivity index (χ1v) is 6.87. The Morgan fingerprint density at radius 1 is 1.12 bits per heavy atom. The summed E-state index contributed by atoms with van der Waals surface area (Å²) in [7, 11) is 0. The summed E-state index contributed by atoms with van der Waals surface area (Å²) in [5.74, 6) is 1.15. The van der Waals surface area contributed by atoms with Crippen LogP contribution in [0.5, 0.6) is 0 Å². The molecule has 0 radical (unpaired) electrons. The molecule has 0 aromatic rings. The summed E-state index contributed by atoms with van der Waals surface area (Å²) in [5.41, 5.74) is 2.89. The van der Waals surface area contributed by atoms with Gasteiger partial charge in [0.25, 0.3) is 0 Å². The second-order valence-electron chi connectivity index (χ2n) is 5.26. The maximum Gasteiger partial charge on any atom is 0.0765 e. The summed E-state index contributed by atoms with van der Waals surface area (Å²) in [5, 5.41) is 0. The molecule has 0 aromatic heterocycles. The van der Waals surface area contributed by atoms with Crippen LogP contribution in [0.25, 0.3) is 0 Å². The van der Waals surface area contributed by atoms with Crippen LogP contribution in [0.1, 0.15) is 54.4 Å². The molecule has 1 atom stereocenters. The summed E-state index contributed by atoms with van der Waals surface area (Å²) >= 11 is 5.37. The van der Waals surface area contributed by atoms with Crippen molar-refractivity contribution in [3.05, 3.63) is 23.3 Å². The average Bonchev–Trinajstić information content (AvgIpc) is 2.27. The van der Waals surface area contributed by atoms with Gasteiger partial charge in [0.15, 0.2) is 0 Å². The normalized spacial score (nSPS) is 15.8. The van der Waals surface area contributed by atoms with Gasteiger partial charge in [-0.3, -0.25) is 4.29 Å². The van der Waals surface area contributed by atoms with Crippen LogP contribution >= 0.6 is 11.9 Å². The van der Waals surface area contributed by atoms with E-state index in [-0.39, 0.29) is 6.10 Å². The molecule has 0 fully saturated rings. The van der Waals surface area contributed by atoms with E-state index in [9.17, 15) is 0 Å². The van der Waals surface area contributed by atoms with Gasteiger partial charge in [0, 0.05) is 0 Å². The van der Waals surface area contributed by atoms with Gasteiger partial charge in [0.2, 0.25) is 0 Å². The third-order valence-electron chi connectivity index (χ3n) is 3.09. The van der Waals surface area contributed by atoms with Crippen molar-refractivity contribution in [2.24, 2.45) is 11.8 Å². The zero-order chi connectivity index (χ0) is 13.4. The maximum atomic E-state index is 5.37. The SMILES string of the molecule is C/C=C(\C=C(/CCC(C)OCl)C(C)C)C(C)C. The summed E-state index contributed by atoms with van der Waals surface area (Å²) in [4.78, 5) is 0. The highest BCUT2D eigenvalue weighted by atomic mass is 35.5. The molecule has 0 aliphatic heterocycles. The van der Waals surface area contributed by atoms with Gasteiger partial charge in [-0.25, -0.2) is 0 Å². The summed E-state index contributed by atoms with van der Waals surface area (Å²) in [6.45, 7) is 13.1. The molecule has 0 N–H and O–H groups in total. The topological polar surface area (TPSA) is 9.23 Å². The first-order valence-electron chi connectivity index (χ1n) is 6.56. The van der Waals surface area contributed by atoms with E-state index in [2.05, 4.69) is 46.8 Å². The molecule has 0 aromatic carbocycles. The molecule has 0 spiro atoms. The molecular weight excluding hydrogens is 232 g/mol. The smallest absolute Gasteiger partial charge is 0.0765 e. The lowest BCUT2D eigenvalue weighted by molar-refractivity contribution is 0.233. The van der Waals surface area contributed by atoms with Crippen molar-refractivity contribution in [2.45, 2.75) is 60.5 Å². The van der Waals surface area contributed by atoms with Gasteiger partial charge in [-0.05, 0) is 44.1 Å². The Bertz CT molecular complexity index is 264. The van der Waals surface area contributed by atoms with Gasteiger partial charge in [0.05, 0.1) is 18.0 Å². The average molecular weight is 259 g/mol. The standard InChI is InChI=1S/C15H27ClO/c1-7-14(11(2)3)10-15(12(4)5)9-8-13(6)17-16/h7,10-13H,8-9H2,1-6H3/b14-7+,15-10+. The van der Waals surface area contributed by atoms with E-state index in [1.54, 1.807) is 0 Å². The number of allylic oxidation sites excluding steroid dienone is 4. The highest BCUT2D eigenvalue weighted by molar-refractivity contribution is 6.07. The minimum Gasteiger partial charge on any atom is -0.276 e. The molecule has 100 valence electrons. The lowest BCUT2D eigenvalue weighted by Gasteiger charge is -2.16. The summed E-state index contributed by atoms with van der Waals surface area (Å²) < 4.78 is 4.79. The van der Waals surface area contributed by atoms with E-state index in [0.717, 1.165) is 12.8 Å². The third kappa shape index (κ3) is 6.90. The Hall–Kier alpha value is -0.270. The molecule has 0 aliphatic rings. The fourth-order valence-electron chi connectivity index (χ4n) is 1.74. The lowest BCUT2D eigenvalue weighted by atomic mass is 9.92. The zero-order valence-electron chi connectivity index (χ0n) is 12.1. The van der Waals surface area contributed by atoms with Crippen molar-refractivity contribution in [2.75, 3.05) is 0 Å². The van der Waals surface area contributed by atoms with Crippen LogP contribution < -0.4 is 0 Å². The second-order valence-corrected chi connectivity index (χ2v) is 5.43. The number of hydrogen-bond donors (Lipinski definition) is 0. The first kappa shape index (κ1) is 16.7. The number of rotatable bonds is 7. The predicted molar refractivity (Wildman–Crippen MR) is 77.2 cm³/mol. The van der Waals surface area contributed by atoms with Gasteiger partial charge >= 0.3 is 0 Å². The monoisotopic (exact) mass is 258 g/mol. The largest absolute Gasteiger partial charge is 0.276 e. The Morgan fingerprint density at radius 3 is 2.06 bits per heavy atom. The van der Waals surface area contributed by atoms with Gasteiger partial charge in [-0.2, -0.15) is 0 Å².